The lowest BCUT2D eigenvalue weighted by Crippen LogP contribution is -2.58. The second-order valence-corrected chi connectivity index (χ2v) is 7.28. The SMILES string of the molecule is CN1C2CCCC1CC(NC1CCCCC1C(F)(F)F)C2. The van der Waals surface area contributed by atoms with Gasteiger partial charge in [0.05, 0.1) is 5.92 Å². The summed E-state index contributed by atoms with van der Waals surface area (Å²) in [5.74, 6) is -1.13. The predicted molar refractivity (Wildman–Crippen MR) is 77.1 cm³/mol. The van der Waals surface area contributed by atoms with E-state index in [0.29, 0.717) is 24.9 Å². The molecule has 2 saturated heterocycles. The van der Waals surface area contributed by atoms with Crippen molar-refractivity contribution in [3.63, 3.8) is 0 Å². The van der Waals surface area contributed by atoms with Gasteiger partial charge in [0.15, 0.2) is 0 Å². The van der Waals surface area contributed by atoms with Crippen molar-refractivity contribution < 1.29 is 13.2 Å². The van der Waals surface area contributed by atoms with E-state index in [2.05, 4.69) is 17.3 Å². The number of fused-ring (bicyclic) bond motifs is 2. The molecule has 0 aromatic carbocycles. The first-order valence-electron chi connectivity index (χ1n) is 8.50. The lowest BCUT2D eigenvalue weighted by molar-refractivity contribution is -0.190. The number of hydrogen-bond donors (Lipinski definition) is 1. The van der Waals surface area contributed by atoms with Gasteiger partial charge in [-0.05, 0) is 45.6 Å². The summed E-state index contributed by atoms with van der Waals surface area (Å²) in [4.78, 5) is 2.46. The van der Waals surface area contributed by atoms with Crippen molar-refractivity contribution in [3.05, 3.63) is 0 Å². The molecule has 122 valence electrons. The highest BCUT2D eigenvalue weighted by Gasteiger charge is 2.46. The minimum Gasteiger partial charge on any atom is -0.310 e. The zero-order chi connectivity index (χ0) is 15.0. The lowest BCUT2D eigenvalue weighted by Gasteiger charge is -2.48. The van der Waals surface area contributed by atoms with E-state index < -0.39 is 12.1 Å². The van der Waals surface area contributed by atoms with Gasteiger partial charge in [0.2, 0.25) is 0 Å². The van der Waals surface area contributed by atoms with Crippen LogP contribution in [-0.4, -0.2) is 42.3 Å². The third-order valence-electron chi connectivity index (χ3n) is 5.98. The molecule has 1 aliphatic carbocycles. The van der Waals surface area contributed by atoms with Crippen LogP contribution in [-0.2, 0) is 0 Å². The topological polar surface area (TPSA) is 15.3 Å². The first kappa shape index (κ1) is 15.6. The van der Waals surface area contributed by atoms with E-state index in [1.54, 1.807) is 0 Å². The van der Waals surface area contributed by atoms with Gasteiger partial charge < -0.3 is 10.2 Å². The minimum atomic E-state index is -4.04. The maximum absolute atomic E-state index is 13.2. The molecular weight excluding hydrogens is 277 g/mol. The lowest BCUT2D eigenvalue weighted by atomic mass is 9.79. The second kappa shape index (κ2) is 6.07. The van der Waals surface area contributed by atoms with Crippen LogP contribution in [0.25, 0.3) is 0 Å². The third-order valence-corrected chi connectivity index (χ3v) is 5.98. The van der Waals surface area contributed by atoms with Crippen molar-refractivity contribution in [2.75, 3.05) is 7.05 Å². The van der Waals surface area contributed by atoms with Gasteiger partial charge in [0.25, 0.3) is 0 Å². The van der Waals surface area contributed by atoms with Crippen molar-refractivity contribution in [3.8, 4) is 0 Å². The molecule has 2 aliphatic heterocycles. The Labute approximate surface area is 125 Å². The molecule has 3 aliphatic rings. The van der Waals surface area contributed by atoms with Crippen molar-refractivity contribution >= 4 is 0 Å². The molecule has 5 heteroatoms. The van der Waals surface area contributed by atoms with Crippen LogP contribution in [0.3, 0.4) is 0 Å². The summed E-state index contributed by atoms with van der Waals surface area (Å²) in [6.45, 7) is 0. The molecule has 0 radical (unpaired) electrons. The van der Waals surface area contributed by atoms with E-state index in [1.165, 1.54) is 19.3 Å². The fraction of sp³-hybridized carbons (Fsp3) is 1.00. The first-order valence-corrected chi connectivity index (χ1v) is 8.50. The summed E-state index contributed by atoms with van der Waals surface area (Å²) in [5, 5.41) is 3.42. The molecule has 1 saturated carbocycles. The Kier molecular flexibility index (Phi) is 4.51. The maximum Gasteiger partial charge on any atom is 0.393 e. The van der Waals surface area contributed by atoms with Crippen LogP contribution in [0.2, 0.25) is 0 Å². The molecule has 3 fully saturated rings. The van der Waals surface area contributed by atoms with E-state index in [1.807, 2.05) is 0 Å². The van der Waals surface area contributed by atoms with Gasteiger partial charge in [-0.3, -0.25) is 0 Å². The molecule has 2 nitrogen and oxygen atoms in total. The van der Waals surface area contributed by atoms with Gasteiger partial charge >= 0.3 is 6.18 Å². The van der Waals surface area contributed by atoms with Crippen molar-refractivity contribution in [1.82, 2.24) is 10.2 Å². The fourth-order valence-corrected chi connectivity index (χ4v) is 4.78. The standard InChI is InChI=1S/C16H27F3N2/c1-21-12-5-4-6-13(21)10-11(9-12)20-15-8-3-2-7-14(15)16(17,18)19/h11-15,20H,2-10H2,1H3. The molecule has 0 aromatic heterocycles. The van der Waals surface area contributed by atoms with Crippen LogP contribution in [0.1, 0.15) is 57.8 Å². The van der Waals surface area contributed by atoms with Crippen LogP contribution in [0.4, 0.5) is 13.2 Å². The van der Waals surface area contributed by atoms with Gasteiger partial charge in [-0.25, -0.2) is 0 Å². The Balaban J connectivity index is 1.62. The highest BCUT2D eigenvalue weighted by molar-refractivity contribution is 4.96. The van der Waals surface area contributed by atoms with Crippen LogP contribution in [0.15, 0.2) is 0 Å². The average molecular weight is 304 g/mol. The van der Waals surface area contributed by atoms with Crippen molar-refractivity contribution in [2.45, 2.75) is 88.1 Å². The predicted octanol–water partition coefficient (Wildman–Crippen LogP) is 3.71. The second-order valence-electron chi connectivity index (χ2n) is 7.28. The third kappa shape index (κ3) is 3.39. The van der Waals surface area contributed by atoms with E-state index in [4.69, 9.17) is 0 Å². The highest BCUT2D eigenvalue weighted by Crippen LogP contribution is 2.39. The zero-order valence-corrected chi connectivity index (χ0v) is 12.8. The molecule has 0 amide bonds. The Bertz CT molecular complexity index is 344. The fourth-order valence-electron chi connectivity index (χ4n) is 4.78. The van der Waals surface area contributed by atoms with E-state index >= 15 is 0 Å². The van der Waals surface area contributed by atoms with Gasteiger partial charge in [-0.1, -0.05) is 19.3 Å². The monoisotopic (exact) mass is 304 g/mol. The van der Waals surface area contributed by atoms with Gasteiger partial charge in [0.1, 0.15) is 0 Å². The maximum atomic E-state index is 13.2. The van der Waals surface area contributed by atoms with Gasteiger partial charge in [-0.15, -0.1) is 0 Å². The van der Waals surface area contributed by atoms with Crippen LogP contribution in [0.5, 0.6) is 0 Å². The Morgan fingerprint density at radius 1 is 0.905 bits per heavy atom. The normalized spacial score (nSPS) is 42.0. The molecule has 21 heavy (non-hydrogen) atoms. The first-order chi connectivity index (χ1) is 9.95. The quantitative estimate of drug-likeness (QED) is 0.836. The average Bonchev–Trinajstić information content (AvgIpc) is 2.39. The number of halogens is 3. The minimum absolute atomic E-state index is 0.282. The Morgan fingerprint density at radius 2 is 1.52 bits per heavy atom. The summed E-state index contributed by atoms with van der Waals surface area (Å²) >= 11 is 0. The molecule has 1 N–H and O–H groups in total. The highest BCUT2D eigenvalue weighted by atomic mass is 19.4. The molecule has 2 heterocycles. The number of nitrogens with one attached hydrogen (secondary N) is 1. The number of rotatable bonds is 2. The summed E-state index contributed by atoms with van der Waals surface area (Å²) in [7, 11) is 2.18. The molecular formula is C16H27F3N2. The summed E-state index contributed by atoms with van der Waals surface area (Å²) in [6, 6.07) is 1.07. The Morgan fingerprint density at radius 3 is 2.14 bits per heavy atom. The van der Waals surface area contributed by atoms with Crippen LogP contribution >= 0.6 is 0 Å². The molecule has 4 atom stereocenters. The van der Waals surface area contributed by atoms with E-state index in [-0.39, 0.29) is 12.1 Å². The van der Waals surface area contributed by atoms with Crippen molar-refractivity contribution in [1.29, 1.82) is 0 Å². The summed E-state index contributed by atoms with van der Waals surface area (Å²) < 4.78 is 39.6. The zero-order valence-electron chi connectivity index (χ0n) is 12.8. The molecule has 0 aromatic rings. The number of hydrogen-bond acceptors (Lipinski definition) is 2. The van der Waals surface area contributed by atoms with Crippen molar-refractivity contribution in [2.24, 2.45) is 5.92 Å². The smallest absolute Gasteiger partial charge is 0.310 e. The van der Waals surface area contributed by atoms with Crippen LogP contribution < -0.4 is 5.32 Å². The molecule has 4 unspecified atom stereocenters. The van der Waals surface area contributed by atoms with E-state index in [9.17, 15) is 13.2 Å². The molecule has 2 bridgehead atoms. The van der Waals surface area contributed by atoms with Crippen LogP contribution in [0, 0.1) is 5.92 Å². The summed E-state index contributed by atoms with van der Waals surface area (Å²) in [5.41, 5.74) is 0. The number of alkyl halides is 3. The number of nitrogens with zero attached hydrogens (tertiary/aromatic N) is 1. The molecule has 0 spiro atoms. The number of piperidine rings is 2. The molecule has 3 rings (SSSR count). The summed E-state index contributed by atoms with van der Waals surface area (Å²) in [6.07, 6.45) is 4.34. The van der Waals surface area contributed by atoms with Gasteiger partial charge in [-0.2, -0.15) is 13.2 Å². The Hall–Kier alpha value is -0.290. The largest absolute Gasteiger partial charge is 0.393 e. The van der Waals surface area contributed by atoms with Gasteiger partial charge in [0, 0.05) is 24.2 Å². The van der Waals surface area contributed by atoms with E-state index in [0.717, 1.165) is 25.7 Å².